The Balaban J connectivity index is 2.23. The minimum Gasteiger partial charge on any atom is -0.483 e. The first kappa shape index (κ1) is 14.0. The molecule has 0 spiro atoms. The second-order valence-electron chi connectivity index (χ2n) is 4.62. The number of piperidine rings is 1. The highest BCUT2D eigenvalue weighted by Crippen LogP contribution is 2.17. The van der Waals surface area contributed by atoms with Crippen molar-refractivity contribution >= 4 is 23.2 Å². The van der Waals surface area contributed by atoms with Crippen molar-refractivity contribution in [2.75, 3.05) is 19.7 Å². The fourth-order valence-corrected chi connectivity index (χ4v) is 2.62. The molecule has 1 heterocycles. The molecule has 0 atom stereocenters. The molecule has 1 amide bonds. The van der Waals surface area contributed by atoms with Crippen molar-refractivity contribution in [2.45, 2.75) is 26.2 Å². The van der Waals surface area contributed by atoms with Crippen LogP contribution in [0.5, 0.6) is 0 Å². The van der Waals surface area contributed by atoms with Crippen LogP contribution < -0.4 is 0 Å². The third-order valence-corrected chi connectivity index (χ3v) is 3.63. The van der Waals surface area contributed by atoms with E-state index in [4.69, 9.17) is 17.0 Å². The van der Waals surface area contributed by atoms with Crippen molar-refractivity contribution in [1.82, 2.24) is 4.90 Å². The van der Waals surface area contributed by atoms with Crippen LogP contribution >= 0.6 is 12.2 Å². The number of hydrogen-bond donors (Lipinski definition) is 0. The van der Waals surface area contributed by atoms with Crippen LogP contribution in [-0.2, 0) is 4.74 Å². The third kappa shape index (κ3) is 3.32. The zero-order chi connectivity index (χ0) is 13.7. The molecule has 0 saturated carbocycles. The van der Waals surface area contributed by atoms with E-state index in [9.17, 15) is 4.79 Å². The van der Waals surface area contributed by atoms with Crippen LogP contribution in [0.2, 0.25) is 0 Å². The van der Waals surface area contributed by atoms with Gasteiger partial charge in [-0.25, -0.2) is 0 Å². The van der Waals surface area contributed by atoms with Crippen LogP contribution in [0.4, 0.5) is 0 Å². The van der Waals surface area contributed by atoms with E-state index >= 15 is 0 Å². The van der Waals surface area contributed by atoms with E-state index in [0.29, 0.717) is 17.2 Å². The molecule has 1 aromatic carbocycles. The van der Waals surface area contributed by atoms with Crippen molar-refractivity contribution in [3.05, 3.63) is 35.4 Å². The van der Waals surface area contributed by atoms with E-state index in [2.05, 4.69) is 0 Å². The van der Waals surface area contributed by atoms with Crippen LogP contribution in [0.1, 0.15) is 42.1 Å². The number of benzene rings is 1. The van der Waals surface area contributed by atoms with Crippen LogP contribution in [0, 0.1) is 0 Å². The van der Waals surface area contributed by atoms with Crippen LogP contribution in [-0.4, -0.2) is 35.6 Å². The molecule has 2 rings (SSSR count). The number of carbonyl (C=O) groups excluding carboxylic acids is 1. The fraction of sp³-hybridized carbons (Fsp3) is 0.467. The summed E-state index contributed by atoms with van der Waals surface area (Å²) >= 11 is 5.23. The maximum atomic E-state index is 12.5. The largest absolute Gasteiger partial charge is 0.483 e. The van der Waals surface area contributed by atoms with Crippen molar-refractivity contribution < 1.29 is 9.53 Å². The highest BCUT2D eigenvalue weighted by Gasteiger charge is 2.21. The predicted octanol–water partition coefficient (Wildman–Crippen LogP) is 3.02. The lowest BCUT2D eigenvalue weighted by Gasteiger charge is -2.27. The number of thiocarbonyl (C=S) groups is 1. The Hall–Kier alpha value is -1.42. The summed E-state index contributed by atoms with van der Waals surface area (Å²) in [4.78, 5) is 14.5. The van der Waals surface area contributed by atoms with Crippen LogP contribution in [0.15, 0.2) is 24.3 Å². The maximum Gasteiger partial charge on any atom is 0.254 e. The molecular weight excluding hydrogens is 258 g/mol. The van der Waals surface area contributed by atoms with Crippen LogP contribution in [0.3, 0.4) is 0 Å². The molecule has 1 aliphatic heterocycles. The molecule has 0 N–H and O–H groups in total. The number of rotatable bonds is 3. The molecule has 0 bridgehead atoms. The summed E-state index contributed by atoms with van der Waals surface area (Å²) in [6.45, 7) is 4.09. The summed E-state index contributed by atoms with van der Waals surface area (Å²) < 4.78 is 5.37. The van der Waals surface area contributed by atoms with Gasteiger partial charge in [-0.15, -0.1) is 0 Å². The van der Waals surface area contributed by atoms with Gasteiger partial charge in [-0.3, -0.25) is 4.79 Å². The molecule has 0 radical (unpaired) electrons. The first-order valence-electron chi connectivity index (χ1n) is 6.79. The van der Waals surface area contributed by atoms with Crippen molar-refractivity contribution in [3.8, 4) is 0 Å². The Morgan fingerprint density at radius 3 is 2.47 bits per heavy atom. The molecule has 0 unspecified atom stereocenters. The lowest BCUT2D eigenvalue weighted by Crippen LogP contribution is -2.36. The van der Waals surface area contributed by atoms with Crippen LogP contribution in [0.25, 0.3) is 0 Å². The van der Waals surface area contributed by atoms with Gasteiger partial charge in [0.25, 0.3) is 5.91 Å². The number of ether oxygens (including phenoxy) is 1. The smallest absolute Gasteiger partial charge is 0.254 e. The van der Waals surface area contributed by atoms with E-state index in [1.54, 1.807) is 0 Å². The number of hydrogen-bond acceptors (Lipinski definition) is 3. The molecule has 0 aromatic heterocycles. The maximum absolute atomic E-state index is 12.5. The fourth-order valence-electron chi connectivity index (χ4n) is 2.32. The molecule has 1 saturated heterocycles. The van der Waals surface area contributed by atoms with Gasteiger partial charge < -0.3 is 9.64 Å². The van der Waals surface area contributed by atoms with Gasteiger partial charge in [0.2, 0.25) is 0 Å². The van der Waals surface area contributed by atoms with Gasteiger partial charge in [0.1, 0.15) is 0 Å². The third-order valence-electron chi connectivity index (χ3n) is 3.30. The zero-order valence-electron chi connectivity index (χ0n) is 11.2. The highest BCUT2D eigenvalue weighted by atomic mass is 32.1. The normalized spacial score (nSPS) is 15.1. The van der Waals surface area contributed by atoms with E-state index in [1.165, 1.54) is 6.42 Å². The summed E-state index contributed by atoms with van der Waals surface area (Å²) in [6.07, 6.45) is 3.39. The molecule has 3 nitrogen and oxygen atoms in total. The zero-order valence-corrected chi connectivity index (χ0v) is 12.0. The summed E-state index contributed by atoms with van der Waals surface area (Å²) in [7, 11) is 0. The van der Waals surface area contributed by atoms with E-state index in [0.717, 1.165) is 31.5 Å². The number of amides is 1. The standard InChI is InChI=1S/C15H19NO2S/c1-2-18-15(19)13-9-5-4-8-12(13)14(17)16-10-6-3-7-11-16/h4-5,8-9H,2-3,6-7,10-11H2,1H3. The molecular formula is C15H19NO2S. The summed E-state index contributed by atoms with van der Waals surface area (Å²) in [5, 5.41) is 0.406. The van der Waals surface area contributed by atoms with E-state index in [1.807, 2.05) is 36.1 Å². The van der Waals surface area contributed by atoms with Gasteiger partial charge in [-0.2, -0.15) is 0 Å². The quantitative estimate of drug-likeness (QED) is 0.795. The van der Waals surface area contributed by atoms with Gasteiger partial charge in [0.15, 0.2) is 5.05 Å². The molecule has 4 heteroatoms. The summed E-state index contributed by atoms with van der Waals surface area (Å²) in [5.41, 5.74) is 1.39. The lowest BCUT2D eigenvalue weighted by atomic mass is 10.0. The minimum atomic E-state index is 0.0670. The van der Waals surface area contributed by atoms with Gasteiger partial charge in [-0.05, 0) is 50.5 Å². The van der Waals surface area contributed by atoms with Gasteiger partial charge >= 0.3 is 0 Å². The first-order chi connectivity index (χ1) is 9.24. The van der Waals surface area contributed by atoms with E-state index < -0.39 is 0 Å². The number of likely N-dealkylation sites (tertiary alicyclic amines) is 1. The summed E-state index contributed by atoms with van der Waals surface area (Å²) in [6, 6.07) is 7.44. The Bertz CT molecular complexity index is 467. The van der Waals surface area contributed by atoms with Gasteiger partial charge in [0.05, 0.1) is 12.2 Å². The number of carbonyl (C=O) groups is 1. The Morgan fingerprint density at radius 1 is 1.21 bits per heavy atom. The SMILES string of the molecule is CCOC(=S)c1ccccc1C(=O)N1CCCCC1. The highest BCUT2D eigenvalue weighted by molar-refractivity contribution is 7.80. The molecule has 1 aromatic rings. The average molecular weight is 277 g/mol. The van der Waals surface area contributed by atoms with Gasteiger partial charge in [-0.1, -0.05) is 12.1 Å². The minimum absolute atomic E-state index is 0.0670. The average Bonchev–Trinajstić information content (AvgIpc) is 2.47. The molecule has 102 valence electrons. The van der Waals surface area contributed by atoms with Crippen molar-refractivity contribution in [3.63, 3.8) is 0 Å². The lowest BCUT2D eigenvalue weighted by molar-refractivity contribution is 0.0724. The molecule has 0 aliphatic carbocycles. The van der Waals surface area contributed by atoms with E-state index in [-0.39, 0.29) is 5.91 Å². The topological polar surface area (TPSA) is 29.5 Å². The summed E-state index contributed by atoms with van der Waals surface area (Å²) in [5.74, 6) is 0.0670. The second kappa shape index (κ2) is 6.66. The Labute approximate surface area is 119 Å². The molecule has 1 aliphatic rings. The van der Waals surface area contributed by atoms with Gasteiger partial charge in [0, 0.05) is 18.7 Å². The molecule has 1 fully saturated rings. The first-order valence-corrected chi connectivity index (χ1v) is 7.20. The monoisotopic (exact) mass is 277 g/mol. The van der Waals surface area contributed by atoms with Crippen molar-refractivity contribution in [2.24, 2.45) is 0 Å². The Morgan fingerprint density at radius 2 is 1.84 bits per heavy atom. The number of nitrogens with zero attached hydrogens (tertiary/aromatic N) is 1. The predicted molar refractivity (Wildman–Crippen MR) is 79.5 cm³/mol. The van der Waals surface area contributed by atoms with Crippen molar-refractivity contribution in [1.29, 1.82) is 0 Å². The second-order valence-corrected chi connectivity index (χ2v) is 4.99. The Kier molecular flexibility index (Phi) is 4.91. The molecule has 19 heavy (non-hydrogen) atoms.